The molecule has 1 aliphatic rings. The van der Waals surface area contributed by atoms with E-state index in [4.69, 9.17) is 21.7 Å². The van der Waals surface area contributed by atoms with Crippen molar-refractivity contribution in [1.29, 1.82) is 0 Å². The van der Waals surface area contributed by atoms with Crippen LogP contribution in [-0.2, 0) is 4.74 Å². The average Bonchev–Trinajstić information content (AvgIpc) is 2.59. The van der Waals surface area contributed by atoms with E-state index in [-0.39, 0.29) is 5.75 Å². The molecule has 0 aromatic heterocycles. The monoisotopic (exact) mass is 352 g/mol. The van der Waals surface area contributed by atoms with Gasteiger partial charge in [0.2, 0.25) is 0 Å². The summed E-state index contributed by atoms with van der Waals surface area (Å²) in [6.07, 6.45) is 1.51. The molecule has 1 aromatic rings. The summed E-state index contributed by atoms with van der Waals surface area (Å²) < 4.78 is 10.6. The molecule has 1 fully saturated rings. The molecular weight excluding hydrogens is 328 g/mol. The van der Waals surface area contributed by atoms with Crippen LogP contribution in [0.4, 0.5) is 0 Å². The van der Waals surface area contributed by atoms with E-state index in [9.17, 15) is 5.11 Å². The van der Waals surface area contributed by atoms with E-state index in [0.717, 1.165) is 39.4 Å². The lowest BCUT2D eigenvalue weighted by Crippen LogP contribution is -2.42. The number of aromatic hydroxyl groups is 1. The number of hydrogen-bond acceptors (Lipinski definition) is 6. The second-order valence-corrected chi connectivity index (χ2v) is 5.62. The number of rotatable bonds is 7. The van der Waals surface area contributed by atoms with Gasteiger partial charge in [0.25, 0.3) is 0 Å². The maximum atomic E-state index is 10.1. The lowest BCUT2D eigenvalue weighted by atomic mass is 10.2. The minimum atomic E-state index is 0.0658. The van der Waals surface area contributed by atoms with Gasteiger partial charge in [-0.25, -0.2) is 0 Å². The minimum Gasteiger partial charge on any atom is -0.504 e. The van der Waals surface area contributed by atoms with Gasteiger partial charge in [-0.1, -0.05) is 6.07 Å². The molecule has 0 bridgehead atoms. The number of benzene rings is 1. The summed E-state index contributed by atoms with van der Waals surface area (Å²) in [6, 6.07) is 5.25. The topological polar surface area (TPSA) is 78.4 Å². The quantitative estimate of drug-likeness (QED) is 0.383. The smallest absolute Gasteiger partial charge is 0.187 e. The van der Waals surface area contributed by atoms with Crippen molar-refractivity contribution in [3.63, 3.8) is 0 Å². The molecule has 0 aliphatic carbocycles. The summed E-state index contributed by atoms with van der Waals surface area (Å²) in [5.74, 6) is 0.503. The fraction of sp³-hybridized carbons (Fsp3) is 0.500. The summed E-state index contributed by atoms with van der Waals surface area (Å²) in [5.41, 5.74) is 3.30. The SMILES string of the molecule is CCOc1cccc(C=NNC(=S)NCCN2CCOCC2)c1O. The van der Waals surface area contributed by atoms with E-state index in [1.807, 2.05) is 6.92 Å². The Bertz CT molecular complexity index is 562. The number of thiocarbonyl (C=S) groups is 1. The van der Waals surface area contributed by atoms with Crippen LogP contribution < -0.4 is 15.5 Å². The number of phenols is 1. The molecule has 0 spiro atoms. The molecule has 7 nitrogen and oxygen atoms in total. The highest BCUT2D eigenvalue weighted by Gasteiger charge is 2.09. The van der Waals surface area contributed by atoms with Crippen LogP contribution in [0.2, 0.25) is 0 Å². The van der Waals surface area contributed by atoms with Crippen LogP contribution in [0.15, 0.2) is 23.3 Å². The Morgan fingerprint density at radius 3 is 3.00 bits per heavy atom. The summed E-state index contributed by atoms with van der Waals surface area (Å²) in [7, 11) is 0. The Balaban J connectivity index is 1.72. The Hall–Kier alpha value is -1.90. The molecule has 3 N–H and O–H groups in total. The van der Waals surface area contributed by atoms with E-state index in [0.29, 0.717) is 23.0 Å². The molecule has 0 unspecified atom stereocenters. The number of hydrogen-bond donors (Lipinski definition) is 3. The Morgan fingerprint density at radius 2 is 2.25 bits per heavy atom. The van der Waals surface area contributed by atoms with Crippen molar-refractivity contribution in [1.82, 2.24) is 15.6 Å². The molecule has 1 saturated heterocycles. The minimum absolute atomic E-state index is 0.0658. The van der Waals surface area contributed by atoms with Crippen LogP contribution in [0.1, 0.15) is 12.5 Å². The predicted octanol–water partition coefficient (Wildman–Crippen LogP) is 0.921. The number of ether oxygens (including phenoxy) is 2. The fourth-order valence-corrected chi connectivity index (χ4v) is 2.42. The van der Waals surface area contributed by atoms with E-state index in [2.05, 4.69) is 20.7 Å². The van der Waals surface area contributed by atoms with Crippen molar-refractivity contribution in [2.75, 3.05) is 46.0 Å². The normalized spacial score (nSPS) is 15.4. The van der Waals surface area contributed by atoms with Crippen molar-refractivity contribution in [3.8, 4) is 11.5 Å². The van der Waals surface area contributed by atoms with Crippen molar-refractivity contribution >= 4 is 23.5 Å². The van der Waals surface area contributed by atoms with Crippen LogP contribution in [0.25, 0.3) is 0 Å². The van der Waals surface area contributed by atoms with Crippen molar-refractivity contribution < 1.29 is 14.6 Å². The summed E-state index contributed by atoms with van der Waals surface area (Å²) in [5, 5.41) is 17.6. The van der Waals surface area contributed by atoms with Crippen molar-refractivity contribution in [2.45, 2.75) is 6.92 Å². The second kappa shape index (κ2) is 10.1. The molecule has 8 heteroatoms. The van der Waals surface area contributed by atoms with E-state index in [1.54, 1.807) is 18.2 Å². The first-order chi connectivity index (χ1) is 11.7. The fourth-order valence-electron chi connectivity index (χ4n) is 2.27. The Morgan fingerprint density at radius 1 is 1.46 bits per heavy atom. The van der Waals surface area contributed by atoms with Crippen molar-refractivity contribution in [2.24, 2.45) is 5.10 Å². The average molecular weight is 352 g/mol. The van der Waals surface area contributed by atoms with Gasteiger partial charge in [0.15, 0.2) is 16.6 Å². The number of phenolic OH excluding ortho intramolecular Hbond substituents is 1. The van der Waals surface area contributed by atoms with Gasteiger partial charge in [-0.15, -0.1) is 0 Å². The molecule has 24 heavy (non-hydrogen) atoms. The highest BCUT2D eigenvalue weighted by molar-refractivity contribution is 7.80. The summed E-state index contributed by atoms with van der Waals surface area (Å²) >= 11 is 5.17. The van der Waals surface area contributed by atoms with Gasteiger partial charge in [0, 0.05) is 31.7 Å². The standard InChI is InChI=1S/C16H24N4O3S/c1-2-23-14-5-3-4-13(15(14)21)12-18-19-16(24)17-6-7-20-8-10-22-11-9-20/h3-5,12,21H,2,6-11H2,1H3,(H2,17,19,24). The first-order valence-corrected chi connectivity index (χ1v) is 8.43. The number of morpholine rings is 1. The molecule has 0 saturated carbocycles. The highest BCUT2D eigenvalue weighted by Crippen LogP contribution is 2.28. The lowest BCUT2D eigenvalue weighted by molar-refractivity contribution is 0.0389. The second-order valence-electron chi connectivity index (χ2n) is 5.21. The zero-order valence-electron chi connectivity index (χ0n) is 13.8. The maximum absolute atomic E-state index is 10.1. The van der Waals surface area contributed by atoms with Gasteiger partial charge in [0.1, 0.15) is 0 Å². The zero-order valence-corrected chi connectivity index (χ0v) is 14.6. The third kappa shape index (κ3) is 5.95. The molecule has 0 radical (unpaired) electrons. The molecule has 1 aliphatic heterocycles. The molecule has 1 heterocycles. The zero-order chi connectivity index (χ0) is 17.2. The molecular formula is C16H24N4O3S. The third-order valence-electron chi connectivity index (χ3n) is 3.52. The number of nitrogens with zero attached hydrogens (tertiary/aromatic N) is 2. The van der Waals surface area contributed by atoms with Gasteiger partial charge in [0.05, 0.1) is 26.0 Å². The van der Waals surface area contributed by atoms with Crippen molar-refractivity contribution in [3.05, 3.63) is 23.8 Å². The van der Waals surface area contributed by atoms with Crippen LogP contribution >= 0.6 is 12.2 Å². The van der Waals surface area contributed by atoms with Crippen LogP contribution in [0.3, 0.4) is 0 Å². The van der Waals surface area contributed by atoms with E-state index >= 15 is 0 Å². The summed E-state index contributed by atoms with van der Waals surface area (Å²) in [6.45, 7) is 7.49. The molecule has 132 valence electrons. The molecule has 0 amide bonds. The largest absolute Gasteiger partial charge is 0.504 e. The Labute approximate surface area is 147 Å². The highest BCUT2D eigenvalue weighted by atomic mass is 32.1. The van der Waals surface area contributed by atoms with Gasteiger partial charge < -0.3 is 19.9 Å². The van der Waals surface area contributed by atoms with Gasteiger partial charge in [-0.05, 0) is 31.3 Å². The predicted molar refractivity (Wildman–Crippen MR) is 97.9 cm³/mol. The van der Waals surface area contributed by atoms with E-state index in [1.165, 1.54) is 6.21 Å². The van der Waals surface area contributed by atoms with Gasteiger partial charge in [-0.3, -0.25) is 10.3 Å². The summed E-state index contributed by atoms with van der Waals surface area (Å²) in [4.78, 5) is 2.32. The van der Waals surface area contributed by atoms with Crippen LogP contribution in [0.5, 0.6) is 11.5 Å². The van der Waals surface area contributed by atoms with Gasteiger partial charge in [-0.2, -0.15) is 5.10 Å². The first kappa shape index (κ1) is 18.4. The van der Waals surface area contributed by atoms with Crippen LogP contribution in [0, 0.1) is 0 Å². The molecule has 1 aromatic carbocycles. The Kier molecular flexibility index (Phi) is 7.73. The van der Waals surface area contributed by atoms with E-state index < -0.39 is 0 Å². The number of nitrogens with one attached hydrogen (secondary N) is 2. The lowest BCUT2D eigenvalue weighted by Gasteiger charge is -2.26. The van der Waals surface area contributed by atoms with Gasteiger partial charge >= 0.3 is 0 Å². The molecule has 0 atom stereocenters. The number of hydrazone groups is 1. The molecule has 2 rings (SSSR count). The van der Waals surface area contributed by atoms with Crippen LogP contribution in [-0.4, -0.2) is 67.3 Å². The third-order valence-corrected chi connectivity index (χ3v) is 3.75. The maximum Gasteiger partial charge on any atom is 0.187 e. The first-order valence-electron chi connectivity index (χ1n) is 8.02. The number of para-hydroxylation sites is 1.